The summed E-state index contributed by atoms with van der Waals surface area (Å²) < 4.78 is 0. The van der Waals surface area contributed by atoms with Crippen molar-refractivity contribution in [3.05, 3.63) is 13.2 Å². The van der Waals surface area contributed by atoms with Gasteiger partial charge in [0.2, 0.25) is 5.91 Å². The third-order valence-electron chi connectivity index (χ3n) is 0.970. The molecule has 0 unspecified atom stereocenters. The summed E-state index contributed by atoms with van der Waals surface area (Å²) in [6.07, 6.45) is 0.601. The van der Waals surface area contributed by atoms with Crippen molar-refractivity contribution in [3.8, 4) is 0 Å². The van der Waals surface area contributed by atoms with Crippen molar-refractivity contribution in [2.24, 2.45) is 5.41 Å². The van der Waals surface area contributed by atoms with Crippen molar-refractivity contribution in [1.82, 2.24) is 5.32 Å². The highest BCUT2D eigenvalue weighted by molar-refractivity contribution is 5.76. The van der Waals surface area contributed by atoms with Crippen LogP contribution in [0.4, 0.5) is 0 Å². The van der Waals surface area contributed by atoms with Gasteiger partial charge < -0.3 is 5.32 Å². The molecule has 0 radical (unpaired) electrons. The van der Waals surface area contributed by atoms with Gasteiger partial charge in [0.05, 0.1) is 0 Å². The maximum atomic E-state index is 10.7. The SMILES string of the molecule is C=C.CNC(=O)CC(C)(C)C. The Bertz CT molecular complexity index is 113. The summed E-state index contributed by atoms with van der Waals surface area (Å²) in [5.74, 6) is 0.113. The average molecular weight is 157 g/mol. The molecule has 0 aliphatic heterocycles. The third kappa shape index (κ3) is 12.4. The van der Waals surface area contributed by atoms with Gasteiger partial charge in [-0.15, -0.1) is 13.2 Å². The molecule has 0 rings (SSSR count). The van der Waals surface area contributed by atoms with E-state index in [0.29, 0.717) is 6.42 Å². The second-order valence-electron chi connectivity index (χ2n) is 3.41. The van der Waals surface area contributed by atoms with Gasteiger partial charge in [-0.2, -0.15) is 0 Å². The Morgan fingerprint density at radius 2 is 1.73 bits per heavy atom. The van der Waals surface area contributed by atoms with Gasteiger partial charge in [0.15, 0.2) is 0 Å². The van der Waals surface area contributed by atoms with Crippen LogP contribution in [-0.4, -0.2) is 13.0 Å². The van der Waals surface area contributed by atoms with E-state index in [4.69, 9.17) is 0 Å². The maximum absolute atomic E-state index is 10.7. The highest BCUT2D eigenvalue weighted by Crippen LogP contribution is 2.17. The molecule has 0 atom stereocenters. The van der Waals surface area contributed by atoms with Crippen molar-refractivity contribution in [1.29, 1.82) is 0 Å². The molecule has 0 saturated heterocycles. The zero-order chi connectivity index (χ0) is 9.49. The van der Waals surface area contributed by atoms with Crippen molar-refractivity contribution in [3.63, 3.8) is 0 Å². The van der Waals surface area contributed by atoms with Crippen molar-refractivity contribution in [2.75, 3.05) is 7.05 Å². The van der Waals surface area contributed by atoms with E-state index < -0.39 is 0 Å². The molecule has 1 N–H and O–H groups in total. The molecule has 0 saturated carbocycles. The van der Waals surface area contributed by atoms with Crippen LogP contribution in [0.15, 0.2) is 13.2 Å². The van der Waals surface area contributed by atoms with Crippen LogP contribution in [0.3, 0.4) is 0 Å². The first-order valence-corrected chi connectivity index (χ1v) is 3.66. The minimum Gasteiger partial charge on any atom is -0.359 e. The van der Waals surface area contributed by atoms with Crippen molar-refractivity contribution in [2.45, 2.75) is 27.2 Å². The topological polar surface area (TPSA) is 29.1 Å². The number of carbonyl (C=O) groups excluding carboxylic acids is 1. The summed E-state index contributed by atoms with van der Waals surface area (Å²) in [7, 11) is 1.66. The molecular weight excluding hydrogens is 138 g/mol. The minimum atomic E-state index is 0.111. The summed E-state index contributed by atoms with van der Waals surface area (Å²) in [6.45, 7) is 12.1. The predicted octanol–water partition coefficient (Wildman–Crippen LogP) is 1.97. The molecule has 66 valence electrons. The van der Waals surface area contributed by atoms with Gasteiger partial charge >= 0.3 is 0 Å². The molecular formula is C9H19NO. The van der Waals surface area contributed by atoms with Gasteiger partial charge in [-0.3, -0.25) is 4.79 Å². The summed E-state index contributed by atoms with van der Waals surface area (Å²) in [5.41, 5.74) is 0.111. The molecule has 0 heterocycles. The van der Waals surface area contributed by atoms with E-state index in [-0.39, 0.29) is 11.3 Å². The highest BCUT2D eigenvalue weighted by Gasteiger charge is 2.13. The lowest BCUT2D eigenvalue weighted by molar-refractivity contribution is -0.122. The van der Waals surface area contributed by atoms with Crippen LogP contribution in [0, 0.1) is 5.41 Å². The van der Waals surface area contributed by atoms with E-state index in [2.05, 4.69) is 18.5 Å². The third-order valence-corrected chi connectivity index (χ3v) is 0.970. The lowest BCUT2D eigenvalue weighted by Crippen LogP contribution is -2.23. The largest absolute Gasteiger partial charge is 0.359 e. The number of rotatable bonds is 1. The van der Waals surface area contributed by atoms with Crippen LogP contribution in [-0.2, 0) is 4.79 Å². The first-order chi connectivity index (χ1) is 4.95. The molecule has 0 aromatic carbocycles. The van der Waals surface area contributed by atoms with Crippen LogP contribution < -0.4 is 5.32 Å². The van der Waals surface area contributed by atoms with Crippen LogP contribution in [0.2, 0.25) is 0 Å². The first kappa shape index (κ1) is 12.8. The summed E-state index contributed by atoms with van der Waals surface area (Å²) in [4.78, 5) is 10.7. The standard InChI is InChI=1S/C7H15NO.C2H4/c1-7(2,3)5-6(9)8-4;1-2/h5H2,1-4H3,(H,8,9);1-2H2. The molecule has 0 aliphatic carbocycles. The fourth-order valence-electron chi connectivity index (χ4n) is 0.570. The number of hydrogen-bond donors (Lipinski definition) is 1. The van der Waals surface area contributed by atoms with E-state index in [1.165, 1.54) is 0 Å². The quantitative estimate of drug-likeness (QED) is 0.579. The van der Waals surface area contributed by atoms with Crippen LogP contribution >= 0.6 is 0 Å². The number of nitrogens with one attached hydrogen (secondary N) is 1. The predicted molar refractivity (Wildman–Crippen MR) is 49.4 cm³/mol. The van der Waals surface area contributed by atoms with Gasteiger partial charge in [-0.05, 0) is 5.41 Å². The Balaban J connectivity index is 0. The zero-order valence-electron chi connectivity index (χ0n) is 8.03. The van der Waals surface area contributed by atoms with E-state index in [1.54, 1.807) is 7.05 Å². The van der Waals surface area contributed by atoms with E-state index in [1.807, 2.05) is 20.8 Å². The molecule has 11 heavy (non-hydrogen) atoms. The summed E-state index contributed by atoms with van der Waals surface area (Å²) >= 11 is 0. The first-order valence-electron chi connectivity index (χ1n) is 3.66. The normalized spacial score (nSPS) is 9.45. The average Bonchev–Trinajstić information content (AvgIpc) is 1.89. The number of amides is 1. The zero-order valence-corrected chi connectivity index (χ0v) is 8.03. The molecule has 0 aromatic heterocycles. The van der Waals surface area contributed by atoms with Gasteiger partial charge in [-0.1, -0.05) is 20.8 Å². The Morgan fingerprint density at radius 1 is 1.36 bits per heavy atom. The summed E-state index contributed by atoms with van der Waals surface area (Å²) in [5, 5.41) is 2.58. The summed E-state index contributed by atoms with van der Waals surface area (Å²) in [6, 6.07) is 0. The number of carbonyl (C=O) groups is 1. The Labute approximate surface area is 69.7 Å². The molecule has 0 aromatic rings. The maximum Gasteiger partial charge on any atom is 0.220 e. The second kappa shape index (κ2) is 5.96. The molecule has 0 fully saturated rings. The van der Waals surface area contributed by atoms with Crippen LogP contribution in [0.5, 0.6) is 0 Å². The molecule has 0 aliphatic rings. The van der Waals surface area contributed by atoms with Gasteiger partial charge in [0.25, 0.3) is 0 Å². The molecule has 2 heteroatoms. The second-order valence-corrected chi connectivity index (χ2v) is 3.41. The van der Waals surface area contributed by atoms with Gasteiger partial charge in [0, 0.05) is 13.5 Å². The fourth-order valence-corrected chi connectivity index (χ4v) is 0.570. The molecule has 2 nitrogen and oxygen atoms in total. The Morgan fingerprint density at radius 3 is 1.82 bits per heavy atom. The van der Waals surface area contributed by atoms with Crippen molar-refractivity contribution >= 4 is 5.91 Å². The van der Waals surface area contributed by atoms with E-state index >= 15 is 0 Å². The van der Waals surface area contributed by atoms with Crippen LogP contribution in [0.25, 0.3) is 0 Å². The molecule has 1 amide bonds. The molecule has 0 spiro atoms. The van der Waals surface area contributed by atoms with Crippen LogP contribution in [0.1, 0.15) is 27.2 Å². The Kier molecular flexibility index (Phi) is 6.96. The Hall–Kier alpha value is -0.790. The van der Waals surface area contributed by atoms with Crippen molar-refractivity contribution < 1.29 is 4.79 Å². The smallest absolute Gasteiger partial charge is 0.220 e. The van der Waals surface area contributed by atoms with Gasteiger partial charge in [-0.25, -0.2) is 0 Å². The van der Waals surface area contributed by atoms with Gasteiger partial charge in [0.1, 0.15) is 0 Å². The number of hydrogen-bond acceptors (Lipinski definition) is 1. The lowest BCUT2D eigenvalue weighted by Gasteiger charge is -2.15. The van der Waals surface area contributed by atoms with E-state index in [0.717, 1.165) is 0 Å². The van der Waals surface area contributed by atoms with E-state index in [9.17, 15) is 4.79 Å². The fraction of sp³-hybridized carbons (Fsp3) is 0.667. The molecule has 0 bridgehead atoms. The monoisotopic (exact) mass is 157 g/mol. The highest BCUT2D eigenvalue weighted by atomic mass is 16.1. The minimum absolute atomic E-state index is 0.111. The lowest BCUT2D eigenvalue weighted by atomic mass is 9.92.